The molecule has 0 aromatic heterocycles. The predicted molar refractivity (Wildman–Crippen MR) is 67.8 cm³/mol. The van der Waals surface area contributed by atoms with Crippen LogP contribution in [0.15, 0.2) is 0 Å². The molecule has 0 bridgehead atoms. The number of thiol groups is 1. The van der Waals surface area contributed by atoms with Gasteiger partial charge in [-0.15, -0.1) is 0 Å². The summed E-state index contributed by atoms with van der Waals surface area (Å²) in [7, 11) is 0. The van der Waals surface area contributed by atoms with E-state index in [0.717, 1.165) is 6.42 Å². The van der Waals surface area contributed by atoms with Gasteiger partial charge in [0.2, 0.25) is 17.7 Å². The van der Waals surface area contributed by atoms with Gasteiger partial charge in [0.15, 0.2) is 0 Å². The molecular formula is C10H19N3O3S. The number of carbonyl (C=O) groups is 3. The van der Waals surface area contributed by atoms with E-state index in [1.165, 1.54) is 6.92 Å². The molecule has 0 aliphatic heterocycles. The number of rotatable bonds is 7. The molecule has 3 amide bonds. The zero-order valence-electron chi connectivity index (χ0n) is 10.1. The molecule has 98 valence electrons. The number of hydrogen-bond acceptors (Lipinski definition) is 4. The van der Waals surface area contributed by atoms with Crippen molar-refractivity contribution in [3.8, 4) is 0 Å². The molecule has 0 rings (SSSR count). The van der Waals surface area contributed by atoms with Gasteiger partial charge in [0.25, 0.3) is 0 Å². The fraction of sp³-hybridized carbons (Fsp3) is 0.700. The summed E-state index contributed by atoms with van der Waals surface area (Å²) in [5.41, 5.74) is 0. The van der Waals surface area contributed by atoms with E-state index < -0.39 is 11.9 Å². The van der Waals surface area contributed by atoms with Crippen LogP contribution in [-0.2, 0) is 14.4 Å². The van der Waals surface area contributed by atoms with Crippen LogP contribution in [-0.4, -0.2) is 42.6 Å². The van der Waals surface area contributed by atoms with Crippen molar-refractivity contribution in [2.45, 2.75) is 26.3 Å². The Labute approximate surface area is 106 Å². The molecule has 6 nitrogen and oxygen atoms in total. The monoisotopic (exact) mass is 261 g/mol. The molecule has 0 saturated carbocycles. The van der Waals surface area contributed by atoms with Gasteiger partial charge < -0.3 is 16.0 Å². The van der Waals surface area contributed by atoms with Crippen LogP contribution < -0.4 is 16.0 Å². The molecule has 17 heavy (non-hydrogen) atoms. The maximum absolute atomic E-state index is 11.5. The lowest BCUT2D eigenvalue weighted by atomic mass is 10.3. The number of hydrogen-bond donors (Lipinski definition) is 4. The normalized spacial score (nSPS) is 11.5. The van der Waals surface area contributed by atoms with Crippen molar-refractivity contribution in [1.82, 2.24) is 16.0 Å². The summed E-state index contributed by atoms with van der Waals surface area (Å²) in [4.78, 5) is 33.5. The number of carbonyl (C=O) groups excluding carboxylic acids is 3. The Balaban J connectivity index is 3.97. The van der Waals surface area contributed by atoms with E-state index in [4.69, 9.17) is 0 Å². The quantitative estimate of drug-likeness (QED) is 0.446. The largest absolute Gasteiger partial charge is 0.355 e. The van der Waals surface area contributed by atoms with Crippen molar-refractivity contribution >= 4 is 30.4 Å². The average Bonchev–Trinajstić information content (AvgIpc) is 2.29. The lowest BCUT2D eigenvalue weighted by molar-refractivity contribution is -0.129. The first-order valence-electron chi connectivity index (χ1n) is 5.43. The van der Waals surface area contributed by atoms with Crippen LogP contribution in [0.1, 0.15) is 20.3 Å². The Bertz CT molecular complexity index is 284. The lowest BCUT2D eigenvalue weighted by Crippen LogP contribution is -2.49. The molecule has 1 unspecified atom stereocenters. The van der Waals surface area contributed by atoms with Crippen molar-refractivity contribution in [2.75, 3.05) is 18.8 Å². The van der Waals surface area contributed by atoms with Crippen LogP contribution in [0.5, 0.6) is 0 Å². The SMILES string of the molecule is CCCNC(=O)CNC(=O)C(CS)NC(C)=O. The maximum Gasteiger partial charge on any atom is 0.243 e. The molecule has 0 saturated heterocycles. The third kappa shape index (κ3) is 7.62. The molecule has 0 heterocycles. The van der Waals surface area contributed by atoms with Crippen molar-refractivity contribution < 1.29 is 14.4 Å². The highest BCUT2D eigenvalue weighted by atomic mass is 32.1. The highest BCUT2D eigenvalue weighted by Crippen LogP contribution is 1.88. The van der Waals surface area contributed by atoms with Crippen LogP contribution in [0.4, 0.5) is 0 Å². The van der Waals surface area contributed by atoms with Crippen molar-refractivity contribution in [3.05, 3.63) is 0 Å². The maximum atomic E-state index is 11.5. The molecule has 0 radical (unpaired) electrons. The van der Waals surface area contributed by atoms with Gasteiger partial charge in [-0.2, -0.15) is 12.6 Å². The number of nitrogens with one attached hydrogen (secondary N) is 3. The fourth-order valence-corrected chi connectivity index (χ4v) is 1.31. The Hall–Kier alpha value is -1.24. The molecule has 0 aromatic carbocycles. The second kappa shape index (κ2) is 8.86. The van der Waals surface area contributed by atoms with E-state index in [1.54, 1.807) is 0 Å². The van der Waals surface area contributed by atoms with Crippen LogP contribution in [0.3, 0.4) is 0 Å². The molecule has 0 aliphatic carbocycles. The smallest absolute Gasteiger partial charge is 0.243 e. The highest BCUT2D eigenvalue weighted by molar-refractivity contribution is 7.80. The molecular weight excluding hydrogens is 242 g/mol. The second-order valence-electron chi connectivity index (χ2n) is 3.50. The molecule has 3 N–H and O–H groups in total. The third-order valence-corrected chi connectivity index (χ3v) is 2.24. The third-order valence-electron chi connectivity index (χ3n) is 1.87. The summed E-state index contributed by atoms with van der Waals surface area (Å²) in [6.07, 6.45) is 0.838. The van der Waals surface area contributed by atoms with Crippen molar-refractivity contribution in [2.24, 2.45) is 0 Å². The van der Waals surface area contributed by atoms with Crippen LogP contribution >= 0.6 is 12.6 Å². The summed E-state index contributed by atoms with van der Waals surface area (Å²) in [6.45, 7) is 3.74. The summed E-state index contributed by atoms with van der Waals surface area (Å²) < 4.78 is 0. The Morgan fingerprint density at radius 3 is 2.35 bits per heavy atom. The van der Waals surface area contributed by atoms with Gasteiger partial charge in [-0.1, -0.05) is 6.92 Å². The van der Waals surface area contributed by atoms with Crippen LogP contribution in [0.2, 0.25) is 0 Å². The molecule has 0 aromatic rings. The van der Waals surface area contributed by atoms with E-state index in [-0.39, 0.29) is 24.1 Å². The fourth-order valence-electron chi connectivity index (χ4n) is 1.06. The molecule has 0 fully saturated rings. The standard InChI is InChI=1S/C10H19N3O3S/c1-3-4-11-9(15)5-12-10(16)8(6-17)13-7(2)14/h8,17H,3-6H2,1-2H3,(H,11,15)(H,12,16)(H,13,14). The summed E-state index contributed by atoms with van der Waals surface area (Å²) in [5.74, 6) is -0.792. The van der Waals surface area contributed by atoms with Gasteiger partial charge in [0.05, 0.1) is 6.54 Å². The lowest BCUT2D eigenvalue weighted by Gasteiger charge is -2.15. The minimum Gasteiger partial charge on any atom is -0.355 e. The van der Waals surface area contributed by atoms with E-state index in [2.05, 4.69) is 28.6 Å². The average molecular weight is 261 g/mol. The Morgan fingerprint density at radius 1 is 1.24 bits per heavy atom. The minimum absolute atomic E-state index is 0.0945. The van der Waals surface area contributed by atoms with Crippen LogP contribution in [0, 0.1) is 0 Å². The molecule has 0 aliphatic rings. The summed E-state index contributed by atoms with van der Waals surface area (Å²) in [5, 5.41) is 7.50. The van der Waals surface area contributed by atoms with Gasteiger partial charge in [0.1, 0.15) is 6.04 Å². The number of amides is 3. The first-order chi connectivity index (χ1) is 8.01. The topological polar surface area (TPSA) is 87.3 Å². The zero-order chi connectivity index (χ0) is 13.3. The van der Waals surface area contributed by atoms with Gasteiger partial charge in [-0.05, 0) is 6.42 Å². The van der Waals surface area contributed by atoms with Gasteiger partial charge >= 0.3 is 0 Å². The molecule has 1 atom stereocenters. The first kappa shape index (κ1) is 15.8. The van der Waals surface area contributed by atoms with E-state index in [0.29, 0.717) is 6.54 Å². The molecule has 0 spiro atoms. The zero-order valence-corrected chi connectivity index (χ0v) is 11.0. The Morgan fingerprint density at radius 2 is 1.88 bits per heavy atom. The van der Waals surface area contributed by atoms with Crippen molar-refractivity contribution in [3.63, 3.8) is 0 Å². The van der Waals surface area contributed by atoms with Crippen molar-refractivity contribution in [1.29, 1.82) is 0 Å². The summed E-state index contributed by atoms with van der Waals surface area (Å²) >= 11 is 3.95. The minimum atomic E-state index is -0.713. The predicted octanol–water partition coefficient (Wildman–Crippen LogP) is -0.937. The Kier molecular flexibility index (Phi) is 8.21. The van der Waals surface area contributed by atoms with Crippen LogP contribution in [0.25, 0.3) is 0 Å². The van der Waals surface area contributed by atoms with E-state index >= 15 is 0 Å². The first-order valence-corrected chi connectivity index (χ1v) is 6.06. The molecule has 7 heteroatoms. The summed E-state index contributed by atoms with van der Waals surface area (Å²) in [6, 6.07) is -0.713. The van der Waals surface area contributed by atoms with Gasteiger partial charge in [-0.25, -0.2) is 0 Å². The second-order valence-corrected chi connectivity index (χ2v) is 3.87. The van der Waals surface area contributed by atoms with E-state index in [9.17, 15) is 14.4 Å². The highest BCUT2D eigenvalue weighted by Gasteiger charge is 2.17. The van der Waals surface area contributed by atoms with Gasteiger partial charge in [-0.3, -0.25) is 14.4 Å². The van der Waals surface area contributed by atoms with Gasteiger partial charge in [0, 0.05) is 19.2 Å². The van der Waals surface area contributed by atoms with E-state index in [1.807, 2.05) is 6.92 Å².